The minimum Gasteiger partial charge on any atom is -0.347 e. The van der Waals surface area contributed by atoms with Gasteiger partial charge in [0, 0.05) is 26.2 Å². The van der Waals surface area contributed by atoms with E-state index >= 15 is 0 Å². The zero-order valence-corrected chi connectivity index (χ0v) is 32.2. The van der Waals surface area contributed by atoms with E-state index in [9.17, 15) is 33.6 Å². The molecular weight excluding hydrogens is 666 g/mol. The standard InChI is InChI=1S/C38H57N7O7/c1-12-13-19-24(29(47)32(49)39-20-25(46)41-27(33(50)44(10)11)22-17-15-14-16-18-22)40-31(48)28-26-23(38(26,8)9)21-45(28)34(51)30(36(2,3)4)42-35(52)43-37(5,6)7/h12,14-18,23-24,26-28,30H,1,13,19-21H2,2-11H3,(H,39,49)(H,40,48)(H,41,46)(H2,42,43,52)/t23-,24?,26-,27-,28-,30+/m0/s1. The summed E-state index contributed by atoms with van der Waals surface area (Å²) in [7, 11) is 3.11. The number of ketones is 1. The number of piperidine rings is 1. The van der Waals surface area contributed by atoms with E-state index in [1.54, 1.807) is 50.5 Å². The maximum Gasteiger partial charge on any atom is 0.315 e. The fraction of sp³-hybridized carbons (Fsp3) is 0.605. The number of benzene rings is 1. The van der Waals surface area contributed by atoms with Gasteiger partial charge in [0.2, 0.25) is 29.4 Å². The fourth-order valence-electron chi connectivity index (χ4n) is 6.76. The minimum absolute atomic E-state index is 0.0273. The lowest BCUT2D eigenvalue weighted by atomic mass is 9.85. The first-order valence-electron chi connectivity index (χ1n) is 17.7. The molecule has 1 aliphatic carbocycles. The van der Waals surface area contributed by atoms with Crippen molar-refractivity contribution in [2.75, 3.05) is 27.2 Å². The highest BCUT2D eigenvalue weighted by Crippen LogP contribution is 2.65. The molecule has 6 atom stereocenters. The van der Waals surface area contributed by atoms with Crippen LogP contribution in [0.4, 0.5) is 4.79 Å². The Balaban J connectivity index is 1.76. The number of hydrogen-bond acceptors (Lipinski definition) is 7. The third-order valence-electron chi connectivity index (χ3n) is 9.69. The van der Waals surface area contributed by atoms with Gasteiger partial charge in [-0.1, -0.05) is 71.0 Å². The molecule has 14 nitrogen and oxygen atoms in total. The molecule has 0 bridgehead atoms. The second kappa shape index (κ2) is 16.3. The van der Waals surface area contributed by atoms with Crippen molar-refractivity contribution in [3.8, 4) is 0 Å². The molecule has 1 aromatic rings. The molecule has 2 aliphatic rings. The van der Waals surface area contributed by atoms with Crippen molar-refractivity contribution in [2.45, 2.75) is 97.9 Å². The van der Waals surface area contributed by atoms with Crippen LogP contribution in [0.3, 0.4) is 0 Å². The number of nitrogens with one attached hydrogen (secondary N) is 5. The molecular formula is C38H57N7O7. The molecule has 7 amide bonds. The average molecular weight is 724 g/mol. The van der Waals surface area contributed by atoms with Gasteiger partial charge >= 0.3 is 6.03 Å². The molecule has 52 heavy (non-hydrogen) atoms. The molecule has 0 spiro atoms. The zero-order chi connectivity index (χ0) is 39.3. The minimum atomic E-state index is -1.27. The van der Waals surface area contributed by atoms with E-state index in [0.717, 1.165) is 0 Å². The smallest absolute Gasteiger partial charge is 0.315 e. The maximum atomic E-state index is 14.2. The summed E-state index contributed by atoms with van der Waals surface area (Å²) in [5.41, 5.74) is -0.953. The second-order valence-electron chi connectivity index (χ2n) is 16.7. The number of likely N-dealkylation sites (tertiary alicyclic amines) is 1. The topological polar surface area (TPSA) is 186 Å². The van der Waals surface area contributed by atoms with E-state index in [1.165, 1.54) is 9.80 Å². The van der Waals surface area contributed by atoms with E-state index in [2.05, 4.69) is 33.2 Å². The van der Waals surface area contributed by atoms with Gasteiger partial charge in [-0.15, -0.1) is 6.58 Å². The number of rotatable bonds is 14. The van der Waals surface area contributed by atoms with E-state index < -0.39 is 77.1 Å². The average Bonchev–Trinajstić information content (AvgIpc) is 3.35. The Bertz CT molecular complexity index is 1540. The molecule has 1 unspecified atom stereocenters. The lowest BCUT2D eigenvalue weighted by molar-refractivity contribution is -0.145. The summed E-state index contributed by atoms with van der Waals surface area (Å²) in [4.78, 5) is 96.2. The lowest BCUT2D eigenvalue weighted by Gasteiger charge is -2.38. The SMILES string of the molecule is C=CCCC(NC(=O)[C@@H]1[C@@H]2[C@H](CN1C(=O)[C@@H](NC(=O)NC(C)(C)C)C(C)(C)C)C2(C)C)C(=O)C(=O)NCC(=O)N[C@H](C(=O)N(C)C)c1ccccc1. The van der Waals surface area contributed by atoms with Gasteiger partial charge in [0.25, 0.3) is 5.91 Å². The quantitative estimate of drug-likeness (QED) is 0.144. The van der Waals surface area contributed by atoms with E-state index in [1.807, 2.05) is 55.4 Å². The predicted molar refractivity (Wildman–Crippen MR) is 196 cm³/mol. The number of allylic oxidation sites excluding steroid dienone is 1. The molecule has 1 aromatic carbocycles. The Labute approximate surface area is 307 Å². The zero-order valence-electron chi connectivity index (χ0n) is 32.2. The second-order valence-corrected chi connectivity index (χ2v) is 16.7. The third-order valence-corrected chi connectivity index (χ3v) is 9.69. The summed E-state index contributed by atoms with van der Waals surface area (Å²) in [6, 6.07) is 3.91. The molecule has 2 fully saturated rings. The monoisotopic (exact) mass is 723 g/mol. The van der Waals surface area contributed by atoms with Crippen molar-refractivity contribution in [2.24, 2.45) is 22.7 Å². The van der Waals surface area contributed by atoms with Crippen LogP contribution in [-0.4, -0.2) is 102 Å². The highest BCUT2D eigenvalue weighted by atomic mass is 16.2. The molecule has 286 valence electrons. The van der Waals surface area contributed by atoms with Crippen LogP contribution >= 0.6 is 0 Å². The number of likely N-dealkylation sites (N-methyl/N-ethyl adjacent to an activating group) is 1. The van der Waals surface area contributed by atoms with Crippen LogP contribution in [-0.2, 0) is 28.8 Å². The summed E-state index contributed by atoms with van der Waals surface area (Å²) >= 11 is 0. The van der Waals surface area contributed by atoms with Crippen LogP contribution in [0.15, 0.2) is 43.0 Å². The fourth-order valence-corrected chi connectivity index (χ4v) is 6.76. The van der Waals surface area contributed by atoms with E-state index in [-0.39, 0.29) is 29.6 Å². The van der Waals surface area contributed by atoms with Crippen molar-refractivity contribution in [3.63, 3.8) is 0 Å². The van der Waals surface area contributed by atoms with Crippen LogP contribution in [0, 0.1) is 22.7 Å². The molecule has 1 saturated heterocycles. The third kappa shape index (κ3) is 10.2. The number of fused-ring (bicyclic) bond motifs is 1. The first-order chi connectivity index (χ1) is 24.0. The van der Waals surface area contributed by atoms with Crippen LogP contribution in [0.25, 0.3) is 0 Å². The molecule has 5 N–H and O–H groups in total. The summed E-state index contributed by atoms with van der Waals surface area (Å²) in [6.07, 6.45) is 1.90. The van der Waals surface area contributed by atoms with Gasteiger partial charge in [0.05, 0.1) is 12.6 Å². The molecule has 0 radical (unpaired) electrons. The Morgan fingerprint density at radius 2 is 1.58 bits per heavy atom. The number of Topliss-reactive ketones (excluding diaryl/α,β-unsaturated/α-hetero) is 1. The number of urea groups is 1. The number of carbonyl (C=O) groups excluding carboxylic acids is 7. The summed E-state index contributed by atoms with van der Waals surface area (Å²) in [5.74, 6) is -4.31. The molecule has 14 heteroatoms. The number of amides is 7. The first kappa shape index (κ1) is 41.7. The molecule has 1 saturated carbocycles. The van der Waals surface area contributed by atoms with E-state index in [0.29, 0.717) is 18.5 Å². The number of nitrogens with zero attached hydrogens (tertiary/aromatic N) is 2. The highest BCUT2D eigenvalue weighted by Gasteiger charge is 2.70. The van der Waals surface area contributed by atoms with Crippen molar-refractivity contribution in [3.05, 3.63) is 48.6 Å². The van der Waals surface area contributed by atoms with Gasteiger partial charge in [0.1, 0.15) is 18.1 Å². The predicted octanol–water partition coefficient (Wildman–Crippen LogP) is 2.06. The van der Waals surface area contributed by atoms with Crippen LogP contribution in [0.2, 0.25) is 0 Å². The number of hydrogen-bond donors (Lipinski definition) is 5. The largest absolute Gasteiger partial charge is 0.347 e. The van der Waals surface area contributed by atoms with Crippen LogP contribution < -0.4 is 26.6 Å². The van der Waals surface area contributed by atoms with Crippen LogP contribution in [0.5, 0.6) is 0 Å². The van der Waals surface area contributed by atoms with Gasteiger partial charge in [-0.2, -0.15) is 0 Å². The van der Waals surface area contributed by atoms with Crippen LogP contribution in [0.1, 0.15) is 79.8 Å². The summed E-state index contributed by atoms with van der Waals surface area (Å²) in [6.45, 7) is 18.4. The number of carbonyl (C=O) groups is 7. The van der Waals surface area contributed by atoms with E-state index in [4.69, 9.17) is 0 Å². The molecule has 0 aromatic heterocycles. The van der Waals surface area contributed by atoms with Crippen molar-refractivity contribution < 1.29 is 33.6 Å². The van der Waals surface area contributed by atoms with Gasteiger partial charge in [-0.05, 0) is 61.8 Å². The Morgan fingerprint density at radius 3 is 2.12 bits per heavy atom. The maximum absolute atomic E-state index is 14.2. The lowest BCUT2D eigenvalue weighted by Crippen LogP contribution is -2.62. The Kier molecular flexibility index (Phi) is 13.1. The molecule has 1 aliphatic heterocycles. The van der Waals surface area contributed by atoms with Crippen molar-refractivity contribution in [1.29, 1.82) is 0 Å². The molecule has 1 heterocycles. The molecule has 3 rings (SSSR count). The van der Waals surface area contributed by atoms with Gasteiger partial charge < -0.3 is 36.4 Å². The Morgan fingerprint density at radius 1 is 0.962 bits per heavy atom. The van der Waals surface area contributed by atoms with Crippen molar-refractivity contribution in [1.82, 2.24) is 36.4 Å². The van der Waals surface area contributed by atoms with Gasteiger partial charge in [0.15, 0.2) is 0 Å². The van der Waals surface area contributed by atoms with Gasteiger partial charge in [-0.3, -0.25) is 28.8 Å². The highest BCUT2D eigenvalue weighted by molar-refractivity contribution is 6.38. The van der Waals surface area contributed by atoms with Crippen molar-refractivity contribution >= 4 is 41.4 Å². The van der Waals surface area contributed by atoms with Gasteiger partial charge in [-0.25, -0.2) is 4.79 Å². The summed E-state index contributed by atoms with van der Waals surface area (Å²) in [5, 5.41) is 13.3. The normalized spacial score (nSPS) is 20.6. The Hall–Kier alpha value is -4.75. The summed E-state index contributed by atoms with van der Waals surface area (Å²) < 4.78 is 0. The first-order valence-corrected chi connectivity index (χ1v) is 17.7.